The average Bonchev–Trinajstić information content (AvgIpc) is 2.28. The molecule has 1 nitrogen and oxygen atoms in total. The van der Waals surface area contributed by atoms with E-state index in [2.05, 4.69) is 19.2 Å². The molecule has 1 fully saturated rings. The third-order valence-corrected chi connectivity index (χ3v) is 3.81. The summed E-state index contributed by atoms with van der Waals surface area (Å²) in [6.45, 7) is 6.06. The zero-order valence-corrected chi connectivity index (χ0v) is 11.3. The van der Waals surface area contributed by atoms with E-state index in [0.717, 1.165) is 12.8 Å². The number of nitrogens with one attached hydrogen (secondary N) is 1. The van der Waals surface area contributed by atoms with E-state index in [1.165, 1.54) is 18.6 Å². The van der Waals surface area contributed by atoms with E-state index >= 15 is 0 Å². The van der Waals surface area contributed by atoms with E-state index in [-0.39, 0.29) is 11.7 Å². The molecule has 0 spiro atoms. The zero-order valence-electron chi connectivity index (χ0n) is 11.3. The van der Waals surface area contributed by atoms with Crippen LogP contribution in [0.2, 0.25) is 0 Å². The van der Waals surface area contributed by atoms with Crippen molar-refractivity contribution >= 4 is 5.69 Å². The topological polar surface area (TPSA) is 12.0 Å². The van der Waals surface area contributed by atoms with Gasteiger partial charge in [0.25, 0.3) is 0 Å². The van der Waals surface area contributed by atoms with Gasteiger partial charge in [-0.2, -0.15) is 0 Å². The van der Waals surface area contributed by atoms with Crippen LogP contribution in [0.25, 0.3) is 0 Å². The number of anilines is 1. The lowest BCUT2D eigenvalue weighted by Crippen LogP contribution is -2.31. The Morgan fingerprint density at radius 2 is 1.67 bits per heavy atom. The van der Waals surface area contributed by atoms with E-state index in [1.54, 1.807) is 6.92 Å². The molecule has 0 bridgehead atoms. The minimum Gasteiger partial charge on any atom is -0.378 e. The molecule has 3 heteroatoms. The molecule has 1 aromatic rings. The predicted molar refractivity (Wildman–Crippen MR) is 70.7 cm³/mol. The van der Waals surface area contributed by atoms with E-state index in [0.29, 0.717) is 17.4 Å². The number of hydrogen-bond donors (Lipinski definition) is 1. The zero-order chi connectivity index (χ0) is 13.3. The molecule has 2 unspecified atom stereocenters. The first-order valence-corrected chi connectivity index (χ1v) is 6.68. The van der Waals surface area contributed by atoms with Crippen LogP contribution in [0.15, 0.2) is 12.1 Å². The van der Waals surface area contributed by atoms with Gasteiger partial charge in [-0.25, -0.2) is 8.78 Å². The molecule has 1 aliphatic rings. The third kappa shape index (κ3) is 2.82. The van der Waals surface area contributed by atoms with Crippen molar-refractivity contribution < 1.29 is 8.78 Å². The molecule has 1 aromatic carbocycles. The van der Waals surface area contributed by atoms with Crippen LogP contribution in [-0.4, -0.2) is 6.04 Å². The van der Waals surface area contributed by atoms with Crippen LogP contribution < -0.4 is 5.32 Å². The predicted octanol–water partition coefficient (Wildman–Crippen LogP) is 4.51. The number of hydrogen-bond acceptors (Lipinski definition) is 1. The van der Waals surface area contributed by atoms with Crippen LogP contribution in [0, 0.1) is 30.4 Å². The molecule has 0 amide bonds. The maximum atomic E-state index is 13.9. The summed E-state index contributed by atoms with van der Waals surface area (Å²) >= 11 is 0. The molecule has 18 heavy (non-hydrogen) atoms. The largest absolute Gasteiger partial charge is 0.378 e. The highest BCUT2D eigenvalue weighted by Crippen LogP contribution is 2.32. The molecule has 1 saturated carbocycles. The van der Waals surface area contributed by atoms with Crippen molar-refractivity contribution in [3.63, 3.8) is 0 Å². The molecule has 2 atom stereocenters. The van der Waals surface area contributed by atoms with Crippen LogP contribution in [-0.2, 0) is 0 Å². The van der Waals surface area contributed by atoms with E-state index in [9.17, 15) is 8.78 Å². The van der Waals surface area contributed by atoms with Gasteiger partial charge in [-0.15, -0.1) is 0 Å². The fourth-order valence-corrected chi connectivity index (χ4v) is 3.06. The van der Waals surface area contributed by atoms with Gasteiger partial charge < -0.3 is 5.32 Å². The Bertz CT molecular complexity index is 421. The first-order valence-electron chi connectivity index (χ1n) is 6.68. The Morgan fingerprint density at radius 3 is 2.28 bits per heavy atom. The first-order chi connectivity index (χ1) is 8.47. The van der Waals surface area contributed by atoms with Crippen molar-refractivity contribution in [2.24, 2.45) is 11.8 Å². The lowest BCUT2D eigenvalue weighted by Gasteiger charge is -2.32. The second-order valence-corrected chi connectivity index (χ2v) is 5.81. The third-order valence-electron chi connectivity index (χ3n) is 3.81. The lowest BCUT2D eigenvalue weighted by molar-refractivity contribution is 0.280. The second kappa shape index (κ2) is 5.25. The van der Waals surface area contributed by atoms with E-state index < -0.39 is 11.6 Å². The van der Waals surface area contributed by atoms with E-state index in [4.69, 9.17) is 0 Å². The fraction of sp³-hybridized carbons (Fsp3) is 0.600. The highest BCUT2D eigenvalue weighted by molar-refractivity contribution is 5.49. The number of halogens is 2. The van der Waals surface area contributed by atoms with Crippen LogP contribution in [0.5, 0.6) is 0 Å². The van der Waals surface area contributed by atoms with Crippen molar-refractivity contribution in [1.82, 2.24) is 0 Å². The second-order valence-electron chi connectivity index (χ2n) is 5.81. The molecular formula is C15H21F2N. The molecule has 2 rings (SSSR count). The SMILES string of the molecule is Cc1ccc(F)c(NC2CC(C)CC(C)C2)c1F. The molecule has 0 radical (unpaired) electrons. The molecule has 0 aromatic heterocycles. The van der Waals surface area contributed by atoms with Crippen molar-refractivity contribution in [2.75, 3.05) is 5.32 Å². The van der Waals surface area contributed by atoms with Crippen molar-refractivity contribution in [2.45, 2.75) is 46.1 Å². The van der Waals surface area contributed by atoms with Gasteiger partial charge in [0.2, 0.25) is 0 Å². The smallest absolute Gasteiger partial charge is 0.152 e. The lowest BCUT2D eigenvalue weighted by atomic mass is 9.80. The normalized spacial score (nSPS) is 28.2. The Kier molecular flexibility index (Phi) is 3.88. The molecule has 1 N–H and O–H groups in total. The molecule has 1 aliphatic carbocycles. The quantitative estimate of drug-likeness (QED) is 0.817. The van der Waals surface area contributed by atoms with Gasteiger partial charge in [0.1, 0.15) is 11.5 Å². The van der Waals surface area contributed by atoms with Gasteiger partial charge in [0.05, 0.1) is 0 Å². The summed E-state index contributed by atoms with van der Waals surface area (Å²) in [5.41, 5.74) is 0.525. The van der Waals surface area contributed by atoms with Gasteiger partial charge >= 0.3 is 0 Å². The highest BCUT2D eigenvalue weighted by atomic mass is 19.1. The van der Waals surface area contributed by atoms with Gasteiger partial charge in [-0.1, -0.05) is 19.9 Å². The fourth-order valence-electron chi connectivity index (χ4n) is 3.06. The van der Waals surface area contributed by atoms with Crippen molar-refractivity contribution in [3.05, 3.63) is 29.3 Å². The summed E-state index contributed by atoms with van der Waals surface area (Å²) in [7, 11) is 0. The van der Waals surface area contributed by atoms with Gasteiger partial charge in [0, 0.05) is 6.04 Å². The van der Waals surface area contributed by atoms with Crippen LogP contribution in [0.3, 0.4) is 0 Å². The Labute approximate surface area is 108 Å². The summed E-state index contributed by atoms with van der Waals surface area (Å²) in [5, 5.41) is 3.07. The van der Waals surface area contributed by atoms with Gasteiger partial charge in [-0.05, 0) is 49.7 Å². The number of rotatable bonds is 2. The monoisotopic (exact) mass is 253 g/mol. The average molecular weight is 253 g/mol. The molecule has 0 heterocycles. The first kappa shape index (κ1) is 13.3. The molecule has 100 valence electrons. The molecule has 0 saturated heterocycles. The summed E-state index contributed by atoms with van der Waals surface area (Å²) in [6.07, 6.45) is 3.17. The van der Waals surface area contributed by atoms with Crippen LogP contribution in [0.4, 0.5) is 14.5 Å². The van der Waals surface area contributed by atoms with E-state index in [1.807, 2.05) is 0 Å². The molecule has 0 aliphatic heterocycles. The highest BCUT2D eigenvalue weighted by Gasteiger charge is 2.25. The summed E-state index contributed by atoms with van der Waals surface area (Å²) in [5.74, 6) is 0.272. The maximum absolute atomic E-state index is 13.9. The Hall–Kier alpha value is -1.12. The van der Waals surface area contributed by atoms with Crippen LogP contribution >= 0.6 is 0 Å². The number of aryl methyl sites for hydroxylation is 1. The summed E-state index contributed by atoms with van der Waals surface area (Å²) in [6, 6.07) is 2.98. The number of benzene rings is 1. The summed E-state index contributed by atoms with van der Waals surface area (Å²) < 4.78 is 27.6. The Balaban J connectivity index is 2.16. The molecular weight excluding hydrogens is 232 g/mol. The van der Waals surface area contributed by atoms with Gasteiger partial charge in [-0.3, -0.25) is 0 Å². The van der Waals surface area contributed by atoms with Crippen molar-refractivity contribution in [3.8, 4) is 0 Å². The van der Waals surface area contributed by atoms with Crippen LogP contribution in [0.1, 0.15) is 38.7 Å². The Morgan fingerprint density at radius 1 is 1.06 bits per heavy atom. The summed E-state index contributed by atoms with van der Waals surface area (Å²) in [4.78, 5) is 0. The standard InChI is InChI=1S/C15H21F2N/c1-9-6-10(2)8-12(7-9)18-15-13(16)5-4-11(3)14(15)17/h4-5,9-10,12,18H,6-8H2,1-3H3. The maximum Gasteiger partial charge on any atom is 0.152 e. The van der Waals surface area contributed by atoms with Crippen molar-refractivity contribution in [1.29, 1.82) is 0 Å². The minimum atomic E-state index is -0.496. The minimum absolute atomic E-state index is 0.0429. The van der Waals surface area contributed by atoms with Gasteiger partial charge in [0.15, 0.2) is 5.82 Å².